The molecule has 1 aromatic heterocycles. The lowest BCUT2D eigenvalue weighted by molar-refractivity contribution is -0.113. The van der Waals surface area contributed by atoms with Gasteiger partial charge in [0.25, 0.3) is 11.1 Å². The molecule has 32 heavy (non-hydrogen) atoms. The Kier molecular flexibility index (Phi) is 7.45. The van der Waals surface area contributed by atoms with E-state index in [1.807, 2.05) is 12.1 Å². The monoisotopic (exact) mass is 457 g/mol. The first-order valence-corrected chi connectivity index (χ1v) is 10.2. The van der Waals surface area contributed by atoms with Crippen LogP contribution in [0.3, 0.4) is 0 Å². The van der Waals surface area contributed by atoms with E-state index >= 15 is 0 Å². The Hall–Kier alpha value is -3.86. The van der Waals surface area contributed by atoms with Gasteiger partial charge in [0.15, 0.2) is 0 Å². The molecule has 0 aliphatic rings. The van der Waals surface area contributed by atoms with Crippen molar-refractivity contribution in [2.45, 2.75) is 5.22 Å². The average molecular weight is 457 g/mol. The number of amides is 1. The smallest absolute Gasteiger partial charge is 0.339 e. The van der Waals surface area contributed by atoms with Crippen molar-refractivity contribution in [2.75, 3.05) is 32.4 Å². The minimum Gasteiger partial charge on any atom is -0.496 e. The summed E-state index contributed by atoms with van der Waals surface area (Å²) in [6.45, 7) is 0. The van der Waals surface area contributed by atoms with E-state index < -0.39 is 17.8 Å². The van der Waals surface area contributed by atoms with E-state index in [9.17, 15) is 14.4 Å². The van der Waals surface area contributed by atoms with Gasteiger partial charge in [0.1, 0.15) is 5.75 Å². The number of carbonyl (C=O) groups is 3. The van der Waals surface area contributed by atoms with Gasteiger partial charge in [-0.1, -0.05) is 23.9 Å². The number of anilines is 1. The number of hydrogen-bond acceptors (Lipinski definition) is 10. The summed E-state index contributed by atoms with van der Waals surface area (Å²) in [5, 5.41) is 10.7. The van der Waals surface area contributed by atoms with Gasteiger partial charge in [0.05, 0.1) is 49.5 Å². The van der Waals surface area contributed by atoms with Crippen molar-refractivity contribution in [1.82, 2.24) is 10.2 Å². The molecule has 0 fully saturated rings. The number of nitrogens with one attached hydrogen (secondary N) is 1. The molecule has 166 valence electrons. The van der Waals surface area contributed by atoms with E-state index in [1.54, 1.807) is 12.1 Å². The minimum atomic E-state index is -0.664. The Morgan fingerprint density at radius 1 is 1.00 bits per heavy atom. The summed E-state index contributed by atoms with van der Waals surface area (Å²) < 4.78 is 20.3. The second kappa shape index (κ2) is 10.4. The van der Waals surface area contributed by atoms with E-state index in [0.29, 0.717) is 11.3 Å². The zero-order valence-electron chi connectivity index (χ0n) is 17.4. The Balaban J connectivity index is 1.71. The van der Waals surface area contributed by atoms with Crippen molar-refractivity contribution in [2.24, 2.45) is 0 Å². The van der Waals surface area contributed by atoms with Crippen LogP contribution in [0.1, 0.15) is 20.7 Å². The lowest BCUT2D eigenvalue weighted by Gasteiger charge is -2.11. The number of thioether (sulfide) groups is 1. The van der Waals surface area contributed by atoms with Crippen LogP contribution >= 0.6 is 11.8 Å². The number of nitrogens with zero attached hydrogens (tertiary/aromatic N) is 2. The van der Waals surface area contributed by atoms with E-state index in [2.05, 4.69) is 20.3 Å². The molecule has 10 nitrogen and oxygen atoms in total. The Bertz CT molecular complexity index is 1150. The first-order chi connectivity index (χ1) is 15.5. The number of benzene rings is 2. The van der Waals surface area contributed by atoms with Crippen molar-refractivity contribution in [1.29, 1.82) is 0 Å². The number of methoxy groups -OCH3 is 3. The summed E-state index contributed by atoms with van der Waals surface area (Å²) in [7, 11) is 3.98. The highest BCUT2D eigenvalue weighted by Crippen LogP contribution is 2.30. The van der Waals surface area contributed by atoms with Gasteiger partial charge in [-0.3, -0.25) is 4.79 Å². The predicted octanol–water partition coefficient (Wildman–Crippen LogP) is 3.05. The molecule has 2 aromatic carbocycles. The number of hydrogen-bond donors (Lipinski definition) is 1. The SMILES string of the molecule is COC(=O)c1ccc(C(=O)OC)c(NC(=O)CSc2nnc(-c3ccccc3OC)o2)c1. The van der Waals surface area contributed by atoms with Gasteiger partial charge in [0.2, 0.25) is 5.91 Å². The molecule has 1 heterocycles. The number of ether oxygens (including phenoxy) is 3. The molecule has 0 aliphatic heterocycles. The van der Waals surface area contributed by atoms with E-state index in [-0.39, 0.29) is 33.7 Å². The Labute approximate surface area is 187 Å². The topological polar surface area (TPSA) is 130 Å². The predicted molar refractivity (Wildman–Crippen MR) is 115 cm³/mol. The second-order valence-corrected chi connectivity index (χ2v) is 7.08. The summed E-state index contributed by atoms with van der Waals surface area (Å²) in [6.07, 6.45) is 0. The van der Waals surface area contributed by atoms with Crippen molar-refractivity contribution in [3.05, 3.63) is 53.6 Å². The molecule has 1 amide bonds. The summed E-state index contributed by atoms with van der Waals surface area (Å²) in [5.74, 6) is -0.991. The molecule has 11 heteroatoms. The van der Waals surface area contributed by atoms with Crippen molar-refractivity contribution in [3.8, 4) is 17.2 Å². The molecule has 3 aromatic rings. The van der Waals surface area contributed by atoms with Gasteiger partial charge in [-0.25, -0.2) is 9.59 Å². The molecule has 0 radical (unpaired) electrons. The summed E-state index contributed by atoms with van der Waals surface area (Å²) in [6, 6.07) is 11.3. The normalized spacial score (nSPS) is 10.3. The fraction of sp³-hybridized carbons (Fsp3) is 0.190. The average Bonchev–Trinajstić information content (AvgIpc) is 3.30. The van der Waals surface area contributed by atoms with Gasteiger partial charge >= 0.3 is 11.9 Å². The highest BCUT2D eigenvalue weighted by molar-refractivity contribution is 7.99. The van der Waals surface area contributed by atoms with Gasteiger partial charge in [0, 0.05) is 0 Å². The number of esters is 2. The van der Waals surface area contributed by atoms with Crippen LogP contribution < -0.4 is 10.1 Å². The quantitative estimate of drug-likeness (QED) is 0.398. The fourth-order valence-corrected chi connectivity index (χ4v) is 3.26. The van der Waals surface area contributed by atoms with Gasteiger partial charge in [-0.05, 0) is 30.3 Å². The van der Waals surface area contributed by atoms with Crippen LogP contribution in [0.25, 0.3) is 11.5 Å². The van der Waals surface area contributed by atoms with E-state index in [1.165, 1.54) is 39.5 Å². The number of carbonyl (C=O) groups excluding carboxylic acids is 3. The molecule has 0 aliphatic carbocycles. The molecule has 0 unspecified atom stereocenters. The minimum absolute atomic E-state index is 0.0867. The van der Waals surface area contributed by atoms with Crippen molar-refractivity contribution < 1.29 is 33.0 Å². The molecular weight excluding hydrogens is 438 g/mol. The molecule has 3 rings (SSSR count). The number of para-hydroxylation sites is 1. The van der Waals surface area contributed by atoms with E-state index in [0.717, 1.165) is 11.8 Å². The third-order valence-corrected chi connectivity index (χ3v) is 5.01. The third kappa shape index (κ3) is 5.24. The lowest BCUT2D eigenvalue weighted by atomic mass is 10.1. The summed E-state index contributed by atoms with van der Waals surface area (Å²) in [5.41, 5.74) is 1.00. The molecule has 1 N–H and O–H groups in total. The standard InChI is InChI=1S/C21H19N3O7S/c1-28-16-7-5-4-6-14(16)18-23-24-21(31-18)32-11-17(25)22-15-10-12(19(26)29-2)8-9-13(15)20(27)30-3/h4-10H,11H2,1-3H3,(H,22,25). The molecule has 0 spiro atoms. The fourth-order valence-electron chi connectivity index (χ4n) is 2.69. The second-order valence-electron chi connectivity index (χ2n) is 6.15. The third-order valence-electron chi connectivity index (χ3n) is 4.19. The molecule has 0 saturated carbocycles. The van der Waals surface area contributed by atoms with Crippen LogP contribution in [0.2, 0.25) is 0 Å². The van der Waals surface area contributed by atoms with Gasteiger partial charge in [-0.2, -0.15) is 0 Å². The number of aromatic nitrogens is 2. The summed E-state index contributed by atoms with van der Waals surface area (Å²) >= 11 is 1.01. The van der Waals surface area contributed by atoms with Crippen LogP contribution in [-0.2, 0) is 14.3 Å². The van der Waals surface area contributed by atoms with Crippen LogP contribution in [0.5, 0.6) is 5.75 Å². The molecule has 0 atom stereocenters. The van der Waals surface area contributed by atoms with Crippen LogP contribution in [0.15, 0.2) is 52.1 Å². The van der Waals surface area contributed by atoms with E-state index in [4.69, 9.17) is 13.9 Å². The molecule has 0 bridgehead atoms. The van der Waals surface area contributed by atoms with Crippen molar-refractivity contribution in [3.63, 3.8) is 0 Å². The zero-order valence-corrected chi connectivity index (χ0v) is 18.2. The number of rotatable bonds is 8. The molecular formula is C21H19N3O7S. The van der Waals surface area contributed by atoms with Gasteiger partial charge < -0.3 is 23.9 Å². The van der Waals surface area contributed by atoms with Gasteiger partial charge in [-0.15, -0.1) is 10.2 Å². The largest absolute Gasteiger partial charge is 0.496 e. The maximum atomic E-state index is 12.5. The molecule has 0 saturated heterocycles. The maximum absolute atomic E-state index is 12.5. The van der Waals surface area contributed by atoms with Crippen LogP contribution in [-0.4, -0.2) is 55.1 Å². The Morgan fingerprint density at radius 3 is 2.47 bits per heavy atom. The van der Waals surface area contributed by atoms with Crippen LogP contribution in [0.4, 0.5) is 5.69 Å². The highest BCUT2D eigenvalue weighted by atomic mass is 32.2. The first-order valence-electron chi connectivity index (χ1n) is 9.17. The zero-order chi connectivity index (χ0) is 23.1. The van der Waals surface area contributed by atoms with Crippen molar-refractivity contribution >= 4 is 35.3 Å². The summed E-state index contributed by atoms with van der Waals surface area (Å²) in [4.78, 5) is 36.3. The maximum Gasteiger partial charge on any atom is 0.339 e. The highest BCUT2D eigenvalue weighted by Gasteiger charge is 2.19. The lowest BCUT2D eigenvalue weighted by Crippen LogP contribution is -2.18. The van der Waals surface area contributed by atoms with Crippen LogP contribution in [0, 0.1) is 0 Å². The Morgan fingerprint density at radius 2 is 1.75 bits per heavy atom. The first kappa shape index (κ1) is 22.8.